The molecule has 1 rings (SSSR count). The third-order valence-corrected chi connectivity index (χ3v) is 3.68. The van der Waals surface area contributed by atoms with Gasteiger partial charge in [-0.1, -0.05) is 20.8 Å². The maximum atomic E-state index is 9.13. The first-order chi connectivity index (χ1) is 7.84. The van der Waals surface area contributed by atoms with E-state index in [1.807, 2.05) is 18.2 Å². The van der Waals surface area contributed by atoms with Gasteiger partial charge >= 0.3 is 0 Å². The molecule has 1 aromatic rings. The lowest BCUT2D eigenvalue weighted by Gasteiger charge is -2.32. The van der Waals surface area contributed by atoms with Crippen LogP contribution in [0.3, 0.4) is 0 Å². The number of rotatable bonds is 4. The minimum Gasteiger partial charge on any atom is -0.399 e. The van der Waals surface area contributed by atoms with Gasteiger partial charge in [0.1, 0.15) is 0 Å². The highest BCUT2D eigenvalue weighted by atomic mass is 127. The summed E-state index contributed by atoms with van der Waals surface area (Å²) in [7, 11) is 0. The van der Waals surface area contributed by atoms with E-state index in [1.54, 1.807) is 0 Å². The van der Waals surface area contributed by atoms with Crippen LogP contribution in [0.2, 0.25) is 0 Å². The molecule has 0 amide bonds. The summed E-state index contributed by atoms with van der Waals surface area (Å²) in [6.45, 7) is 6.71. The second kappa shape index (κ2) is 5.91. The monoisotopic (exact) mass is 348 g/mol. The maximum Gasteiger partial charge on any atom is 0.0479 e. The van der Waals surface area contributed by atoms with Gasteiger partial charge in [0.25, 0.3) is 0 Å². The molecule has 1 unspecified atom stereocenters. The number of hydrogen-bond donors (Lipinski definition) is 3. The molecule has 0 saturated heterocycles. The van der Waals surface area contributed by atoms with E-state index in [-0.39, 0.29) is 18.1 Å². The van der Waals surface area contributed by atoms with Crippen LogP contribution < -0.4 is 11.1 Å². The highest BCUT2D eigenvalue weighted by molar-refractivity contribution is 14.1. The number of aliphatic hydroxyl groups is 1. The zero-order valence-corrected chi connectivity index (χ0v) is 12.8. The number of hydrogen-bond acceptors (Lipinski definition) is 3. The lowest BCUT2D eigenvalue weighted by atomic mass is 9.85. The molecular formula is C13H21IN2O. The zero-order valence-electron chi connectivity index (χ0n) is 10.6. The lowest BCUT2D eigenvalue weighted by Crippen LogP contribution is -2.35. The minimum atomic E-state index is 0.104. The van der Waals surface area contributed by atoms with E-state index in [4.69, 9.17) is 10.8 Å². The molecule has 0 saturated carbocycles. The van der Waals surface area contributed by atoms with Gasteiger partial charge in [0.15, 0.2) is 0 Å². The van der Waals surface area contributed by atoms with E-state index in [1.165, 1.54) is 0 Å². The van der Waals surface area contributed by atoms with E-state index in [9.17, 15) is 0 Å². The standard InChI is InChI=1S/C13H21IN2O/c1-13(2,3)12(6-7-17)16-11-5-4-9(15)8-10(11)14/h4-5,8,12,16-17H,6-7,15H2,1-3H3. The molecule has 96 valence electrons. The Bertz CT molecular complexity index is 374. The normalized spacial score (nSPS) is 13.5. The van der Waals surface area contributed by atoms with Crippen molar-refractivity contribution in [2.75, 3.05) is 17.7 Å². The molecule has 0 bridgehead atoms. The van der Waals surface area contributed by atoms with Gasteiger partial charge in [0, 0.05) is 27.6 Å². The van der Waals surface area contributed by atoms with Gasteiger partial charge in [-0.3, -0.25) is 0 Å². The van der Waals surface area contributed by atoms with Crippen LogP contribution in [0.5, 0.6) is 0 Å². The fraction of sp³-hybridized carbons (Fsp3) is 0.538. The summed E-state index contributed by atoms with van der Waals surface area (Å²) in [4.78, 5) is 0. The average Bonchev–Trinajstić information content (AvgIpc) is 2.19. The SMILES string of the molecule is CC(C)(C)C(CCO)Nc1ccc(N)cc1I. The van der Waals surface area contributed by atoms with Gasteiger partial charge in [-0.25, -0.2) is 0 Å². The first-order valence-corrected chi connectivity index (χ1v) is 6.85. The highest BCUT2D eigenvalue weighted by Gasteiger charge is 2.24. The molecule has 0 aliphatic carbocycles. The van der Waals surface area contributed by atoms with E-state index in [0.29, 0.717) is 0 Å². The molecule has 4 N–H and O–H groups in total. The van der Waals surface area contributed by atoms with Crippen molar-refractivity contribution in [3.63, 3.8) is 0 Å². The van der Waals surface area contributed by atoms with Crippen LogP contribution in [0, 0.1) is 8.99 Å². The Morgan fingerprint density at radius 3 is 2.53 bits per heavy atom. The van der Waals surface area contributed by atoms with Gasteiger partial charge in [-0.05, 0) is 52.6 Å². The van der Waals surface area contributed by atoms with Crippen molar-refractivity contribution < 1.29 is 5.11 Å². The van der Waals surface area contributed by atoms with Crippen LogP contribution in [-0.4, -0.2) is 17.8 Å². The number of aliphatic hydroxyl groups excluding tert-OH is 1. The quantitative estimate of drug-likeness (QED) is 0.579. The molecule has 0 aromatic heterocycles. The number of halogens is 1. The van der Waals surface area contributed by atoms with Gasteiger partial charge in [0.05, 0.1) is 0 Å². The predicted octanol–water partition coefficient (Wildman–Crippen LogP) is 3.08. The Morgan fingerprint density at radius 2 is 2.06 bits per heavy atom. The Balaban J connectivity index is 2.86. The smallest absolute Gasteiger partial charge is 0.0479 e. The molecule has 1 aromatic carbocycles. The van der Waals surface area contributed by atoms with Crippen LogP contribution in [-0.2, 0) is 0 Å². The number of nitrogens with two attached hydrogens (primary N) is 1. The number of benzene rings is 1. The number of anilines is 2. The molecule has 0 spiro atoms. The summed E-state index contributed by atoms with van der Waals surface area (Å²) in [5.41, 5.74) is 7.68. The molecule has 17 heavy (non-hydrogen) atoms. The average molecular weight is 348 g/mol. The third-order valence-electron chi connectivity index (χ3n) is 2.79. The fourth-order valence-electron chi connectivity index (χ4n) is 1.69. The molecule has 0 aliphatic rings. The van der Waals surface area contributed by atoms with Crippen LogP contribution in [0.4, 0.5) is 11.4 Å². The highest BCUT2D eigenvalue weighted by Crippen LogP contribution is 2.28. The predicted molar refractivity (Wildman–Crippen MR) is 82.1 cm³/mol. The summed E-state index contributed by atoms with van der Waals surface area (Å²) in [5.74, 6) is 0. The molecule has 3 nitrogen and oxygen atoms in total. The second-order valence-corrected chi connectivity index (χ2v) is 6.48. The summed E-state index contributed by atoms with van der Waals surface area (Å²) in [6.07, 6.45) is 0.740. The first kappa shape index (κ1) is 14.6. The Hall–Kier alpha value is -0.490. The summed E-state index contributed by atoms with van der Waals surface area (Å²) in [6, 6.07) is 6.07. The molecule has 0 heterocycles. The van der Waals surface area contributed by atoms with Crippen molar-refractivity contribution in [1.82, 2.24) is 0 Å². The Kier molecular flexibility index (Phi) is 5.06. The summed E-state index contributed by atoms with van der Waals surface area (Å²) in [5, 5.41) is 12.6. The van der Waals surface area contributed by atoms with Gasteiger partial charge in [0.2, 0.25) is 0 Å². The second-order valence-electron chi connectivity index (χ2n) is 5.31. The summed E-state index contributed by atoms with van der Waals surface area (Å²) < 4.78 is 1.11. The van der Waals surface area contributed by atoms with Crippen molar-refractivity contribution in [2.45, 2.75) is 33.2 Å². The molecule has 1 atom stereocenters. The molecule has 0 aliphatic heterocycles. The number of nitrogen functional groups attached to an aromatic ring is 1. The van der Waals surface area contributed by atoms with Crippen molar-refractivity contribution in [3.05, 3.63) is 21.8 Å². The maximum absolute atomic E-state index is 9.13. The van der Waals surface area contributed by atoms with E-state index in [2.05, 4.69) is 48.7 Å². The third kappa shape index (κ3) is 4.35. The molecule has 0 fully saturated rings. The Morgan fingerprint density at radius 1 is 1.41 bits per heavy atom. The zero-order chi connectivity index (χ0) is 13.1. The van der Waals surface area contributed by atoms with Crippen molar-refractivity contribution in [1.29, 1.82) is 0 Å². The lowest BCUT2D eigenvalue weighted by molar-refractivity contribution is 0.235. The largest absolute Gasteiger partial charge is 0.399 e. The van der Waals surface area contributed by atoms with Gasteiger partial charge in [-0.15, -0.1) is 0 Å². The summed E-state index contributed by atoms with van der Waals surface area (Å²) >= 11 is 2.27. The Labute approximate surface area is 117 Å². The van der Waals surface area contributed by atoms with Crippen LogP contribution in [0.25, 0.3) is 0 Å². The van der Waals surface area contributed by atoms with Crippen molar-refractivity contribution in [3.8, 4) is 0 Å². The van der Waals surface area contributed by atoms with Gasteiger partial charge in [-0.2, -0.15) is 0 Å². The van der Waals surface area contributed by atoms with Gasteiger partial charge < -0.3 is 16.2 Å². The van der Waals surface area contributed by atoms with Crippen LogP contribution in [0.15, 0.2) is 18.2 Å². The first-order valence-electron chi connectivity index (χ1n) is 5.77. The minimum absolute atomic E-state index is 0.104. The van der Waals surface area contributed by atoms with Crippen molar-refractivity contribution >= 4 is 34.0 Å². The molecular weight excluding hydrogens is 327 g/mol. The molecule has 0 radical (unpaired) electrons. The van der Waals surface area contributed by atoms with E-state index in [0.717, 1.165) is 21.4 Å². The van der Waals surface area contributed by atoms with Crippen molar-refractivity contribution in [2.24, 2.45) is 5.41 Å². The van der Waals surface area contributed by atoms with E-state index < -0.39 is 0 Å². The van der Waals surface area contributed by atoms with Crippen LogP contribution >= 0.6 is 22.6 Å². The molecule has 4 heteroatoms. The fourth-order valence-corrected chi connectivity index (χ4v) is 2.38. The topological polar surface area (TPSA) is 58.3 Å². The van der Waals surface area contributed by atoms with E-state index >= 15 is 0 Å². The van der Waals surface area contributed by atoms with Crippen LogP contribution in [0.1, 0.15) is 27.2 Å². The number of nitrogens with one attached hydrogen (secondary N) is 1.